The third-order valence-electron chi connectivity index (χ3n) is 2.23. The molecule has 3 rings (SSSR count). The van der Waals surface area contributed by atoms with Gasteiger partial charge in [0.05, 0.1) is 22.9 Å². The van der Waals surface area contributed by atoms with Gasteiger partial charge in [-0.3, -0.25) is 10.1 Å². The Kier molecular flexibility index (Phi) is 1.71. The monoisotopic (exact) mass is 196 g/mol. The number of nitrogens with zero attached hydrogens (tertiary/aromatic N) is 3. The molecule has 0 bridgehead atoms. The zero-order valence-corrected chi connectivity index (χ0v) is 7.88. The van der Waals surface area contributed by atoms with Crippen molar-refractivity contribution in [2.45, 2.75) is 0 Å². The van der Waals surface area contributed by atoms with Crippen LogP contribution in [0.3, 0.4) is 0 Å². The molecule has 0 aliphatic carbocycles. The lowest BCUT2D eigenvalue weighted by Gasteiger charge is -1.98. The molecule has 15 heavy (non-hydrogen) atoms. The molecule has 0 spiro atoms. The molecule has 0 saturated heterocycles. The minimum Gasteiger partial charge on any atom is -0.276 e. The number of H-pyrrole nitrogens is 1. The van der Waals surface area contributed by atoms with Gasteiger partial charge in [-0.15, -0.1) is 0 Å². The number of nitrogens with one attached hydrogen (secondary N) is 1. The van der Waals surface area contributed by atoms with Gasteiger partial charge in [0.25, 0.3) is 0 Å². The Morgan fingerprint density at radius 3 is 2.67 bits per heavy atom. The van der Waals surface area contributed by atoms with Crippen LogP contribution in [0.25, 0.3) is 22.4 Å². The lowest BCUT2D eigenvalue weighted by atomic mass is 10.2. The van der Waals surface area contributed by atoms with Crippen molar-refractivity contribution in [2.24, 2.45) is 0 Å². The first kappa shape index (κ1) is 8.11. The Hall–Kier alpha value is -2.23. The molecule has 3 aromatic rings. The first-order valence-corrected chi connectivity index (χ1v) is 4.65. The molecule has 72 valence electrons. The summed E-state index contributed by atoms with van der Waals surface area (Å²) in [6.07, 6.45) is 3.45. The van der Waals surface area contributed by atoms with Crippen molar-refractivity contribution in [2.75, 3.05) is 0 Å². The number of aromatic amines is 1. The van der Waals surface area contributed by atoms with Crippen molar-refractivity contribution >= 4 is 11.0 Å². The van der Waals surface area contributed by atoms with Gasteiger partial charge in [0.2, 0.25) is 0 Å². The molecular weight excluding hydrogens is 188 g/mol. The van der Waals surface area contributed by atoms with Gasteiger partial charge in [-0.25, -0.2) is 4.98 Å². The lowest BCUT2D eigenvalue weighted by Crippen LogP contribution is -1.88. The van der Waals surface area contributed by atoms with Crippen LogP contribution in [0.5, 0.6) is 0 Å². The zero-order chi connectivity index (χ0) is 10.1. The number of benzene rings is 1. The van der Waals surface area contributed by atoms with Crippen molar-refractivity contribution < 1.29 is 0 Å². The fraction of sp³-hybridized carbons (Fsp3) is 0. The predicted molar refractivity (Wildman–Crippen MR) is 57.1 cm³/mol. The maximum Gasteiger partial charge on any atom is 0.107 e. The summed E-state index contributed by atoms with van der Waals surface area (Å²) in [5.41, 5.74) is 3.49. The summed E-state index contributed by atoms with van der Waals surface area (Å²) in [4.78, 5) is 8.81. The van der Waals surface area contributed by atoms with E-state index in [2.05, 4.69) is 20.2 Å². The van der Waals surface area contributed by atoms with E-state index in [9.17, 15) is 0 Å². The predicted octanol–water partition coefficient (Wildman–Crippen LogP) is 2.02. The van der Waals surface area contributed by atoms with E-state index in [1.165, 1.54) is 0 Å². The van der Waals surface area contributed by atoms with Gasteiger partial charge in [0.1, 0.15) is 5.69 Å². The standard InChI is InChI=1S/C11H8N4/c1-2-4-9-8(3-1)12-7-11(14-9)10-5-6-13-15-10/h1-7H,(H,13,15). The van der Waals surface area contributed by atoms with Crippen molar-refractivity contribution in [3.8, 4) is 11.4 Å². The minimum absolute atomic E-state index is 0.811. The van der Waals surface area contributed by atoms with E-state index in [1.54, 1.807) is 12.4 Å². The highest BCUT2D eigenvalue weighted by Crippen LogP contribution is 2.15. The van der Waals surface area contributed by atoms with Gasteiger partial charge >= 0.3 is 0 Å². The number of rotatable bonds is 1. The van der Waals surface area contributed by atoms with Gasteiger partial charge in [-0.05, 0) is 18.2 Å². The molecule has 0 saturated carbocycles. The molecule has 4 heteroatoms. The quantitative estimate of drug-likeness (QED) is 0.647. The Bertz CT molecular complexity index is 586. The first-order chi connectivity index (χ1) is 7.43. The number of para-hydroxylation sites is 2. The molecule has 0 amide bonds. The normalized spacial score (nSPS) is 10.7. The highest BCUT2D eigenvalue weighted by Gasteiger charge is 2.02. The largest absolute Gasteiger partial charge is 0.276 e. The van der Waals surface area contributed by atoms with Crippen LogP contribution < -0.4 is 0 Å². The van der Waals surface area contributed by atoms with E-state index in [0.717, 1.165) is 22.4 Å². The number of hydrogen-bond acceptors (Lipinski definition) is 3. The number of aromatic nitrogens is 4. The van der Waals surface area contributed by atoms with Crippen LogP contribution in [-0.2, 0) is 0 Å². The van der Waals surface area contributed by atoms with E-state index >= 15 is 0 Å². The number of hydrogen-bond donors (Lipinski definition) is 1. The second-order valence-corrected chi connectivity index (χ2v) is 3.21. The molecule has 0 unspecified atom stereocenters. The zero-order valence-electron chi connectivity index (χ0n) is 7.88. The SMILES string of the molecule is c1ccc2nc(-c3ccn[nH]3)cnc2c1. The fourth-order valence-electron chi connectivity index (χ4n) is 1.49. The fourth-order valence-corrected chi connectivity index (χ4v) is 1.49. The summed E-state index contributed by atoms with van der Waals surface area (Å²) >= 11 is 0. The van der Waals surface area contributed by atoms with E-state index in [-0.39, 0.29) is 0 Å². The minimum atomic E-state index is 0.811. The average Bonchev–Trinajstić information content (AvgIpc) is 2.82. The molecule has 0 atom stereocenters. The Labute approximate surface area is 86.0 Å². The molecule has 2 heterocycles. The smallest absolute Gasteiger partial charge is 0.107 e. The van der Waals surface area contributed by atoms with E-state index < -0.39 is 0 Å². The average molecular weight is 196 g/mol. The molecule has 1 N–H and O–H groups in total. The van der Waals surface area contributed by atoms with E-state index in [4.69, 9.17) is 0 Å². The van der Waals surface area contributed by atoms with E-state index in [0.29, 0.717) is 0 Å². The summed E-state index contributed by atoms with van der Waals surface area (Å²) in [6, 6.07) is 9.67. The highest BCUT2D eigenvalue weighted by atomic mass is 15.1. The van der Waals surface area contributed by atoms with Crippen molar-refractivity contribution in [3.05, 3.63) is 42.7 Å². The van der Waals surface area contributed by atoms with Gasteiger partial charge in [-0.2, -0.15) is 5.10 Å². The molecule has 2 aromatic heterocycles. The maximum atomic E-state index is 4.48. The second-order valence-electron chi connectivity index (χ2n) is 3.21. The van der Waals surface area contributed by atoms with Crippen LogP contribution in [0.15, 0.2) is 42.7 Å². The molecule has 0 aliphatic rings. The summed E-state index contributed by atoms with van der Waals surface area (Å²) in [5, 5.41) is 6.75. The third kappa shape index (κ3) is 1.36. The van der Waals surface area contributed by atoms with Crippen LogP contribution >= 0.6 is 0 Å². The van der Waals surface area contributed by atoms with Crippen LogP contribution in [0.2, 0.25) is 0 Å². The van der Waals surface area contributed by atoms with Crippen molar-refractivity contribution in [1.29, 1.82) is 0 Å². The lowest BCUT2D eigenvalue weighted by molar-refractivity contribution is 1.08. The van der Waals surface area contributed by atoms with Gasteiger partial charge < -0.3 is 0 Å². The van der Waals surface area contributed by atoms with Crippen LogP contribution in [0.4, 0.5) is 0 Å². The van der Waals surface area contributed by atoms with Crippen molar-refractivity contribution in [3.63, 3.8) is 0 Å². The molecule has 0 radical (unpaired) electrons. The van der Waals surface area contributed by atoms with Gasteiger partial charge in [-0.1, -0.05) is 12.1 Å². The summed E-state index contributed by atoms with van der Waals surface area (Å²) in [7, 11) is 0. The van der Waals surface area contributed by atoms with E-state index in [1.807, 2.05) is 30.3 Å². The molecule has 1 aromatic carbocycles. The summed E-state index contributed by atoms with van der Waals surface area (Å²) in [5.74, 6) is 0. The van der Waals surface area contributed by atoms with Gasteiger partial charge in [0.15, 0.2) is 0 Å². The molecule has 0 aliphatic heterocycles. The highest BCUT2D eigenvalue weighted by molar-refractivity contribution is 5.76. The molecule has 0 fully saturated rings. The Morgan fingerprint density at radius 2 is 1.87 bits per heavy atom. The third-order valence-corrected chi connectivity index (χ3v) is 2.23. The van der Waals surface area contributed by atoms with Crippen LogP contribution in [0.1, 0.15) is 0 Å². The van der Waals surface area contributed by atoms with Crippen LogP contribution in [0, 0.1) is 0 Å². The second kappa shape index (κ2) is 3.16. The first-order valence-electron chi connectivity index (χ1n) is 4.65. The Morgan fingerprint density at radius 1 is 1.00 bits per heavy atom. The summed E-state index contributed by atoms with van der Waals surface area (Å²) < 4.78 is 0. The van der Waals surface area contributed by atoms with Gasteiger partial charge in [0, 0.05) is 6.20 Å². The Balaban J connectivity index is 2.22. The molecule has 4 nitrogen and oxygen atoms in total. The topological polar surface area (TPSA) is 54.5 Å². The van der Waals surface area contributed by atoms with Crippen LogP contribution in [-0.4, -0.2) is 20.2 Å². The molecular formula is C11H8N4. The number of fused-ring (bicyclic) bond motifs is 1. The van der Waals surface area contributed by atoms with Crippen molar-refractivity contribution in [1.82, 2.24) is 20.2 Å². The maximum absolute atomic E-state index is 4.48. The summed E-state index contributed by atoms with van der Waals surface area (Å²) in [6.45, 7) is 0.